The zero-order valence-electron chi connectivity index (χ0n) is 15.9. The summed E-state index contributed by atoms with van der Waals surface area (Å²) in [5.41, 5.74) is 2.13. The van der Waals surface area contributed by atoms with Gasteiger partial charge in [0.15, 0.2) is 5.76 Å². The molecule has 1 heterocycles. The van der Waals surface area contributed by atoms with Crippen molar-refractivity contribution in [2.24, 2.45) is 0 Å². The Hall–Kier alpha value is -2.73. The van der Waals surface area contributed by atoms with Gasteiger partial charge in [0.2, 0.25) is 10.0 Å². The molecule has 0 spiro atoms. The van der Waals surface area contributed by atoms with Gasteiger partial charge in [0.05, 0.1) is 18.0 Å². The highest BCUT2D eigenvalue weighted by Crippen LogP contribution is 2.20. The van der Waals surface area contributed by atoms with Crippen LogP contribution in [0.15, 0.2) is 57.4 Å². The molecule has 0 bridgehead atoms. The lowest BCUT2D eigenvalue weighted by molar-refractivity contribution is 0.386. The first kappa shape index (κ1) is 20.0. The summed E-state index contributed by atoms with van der Waals surface area (Å²) in [6.07, 6.45) is 12.0. The van der Waals surface area contributed by atoms with Crippen molar-refractivity contribution in [2.75, 3.05) is 6.54 Å². The van der Waals surface area contributed by atoms with Crippen molar-refractivity contribution in [3.8, 4) is 24.2 Å². The number of hydrogen-bond donors (Lipinski definition) is 0. The van der Waals surface area contributed by atoms with Crippen LogP contribution < -0.4 is 0 Å². The molecule has 5 heteroatoms. The fraction of sp³-hybridized carbons (Fsp3) is 0.304. The first-order chi connectivity index (χ1) is 13.5. The molecule has 3 rings (SSSR count). The molecule has 1 aliphatic rings. The third kappa shape index (κ3) is 4.95. The van der Waals surface area contributed by atoms with Crippen LogP contribution in [0.1, 0.15) is 42.8 Å². The highest BCUT2D eigenvalue weighted by atomic mass is 32.2. The van der Waals surface area contributed by atoms with Crippen LogP contribution in [0.4, 0.5) is 0 Å². The van der Waals surface area contributed by atoms with Gasteiger partial charge in [-0.3, -0.25) is 0 Å². The molecule has 0 amide bonds. The van der Waals surface area contributed by atoms with Gasteiger partial charge in [-0.05, 0) is 68.4 Å². The Labute approximate surface area is 167 Å². The van der Waals surface area contributed by atoms with Gasteiger partial charge >= 0.3 is 0 Å². The monoisotopic (exact) mass is 393 g/mol. The van der Waals surface area contributed by atoms with Gasteiger partial charge in [-0.25, -0.2) is 8.42 Å². The van der Waals surface area contributed by atoms with E-state index >= 15 is 0 Å². The molecule has 0 radical (unpaired) electrons. The van der Waals surface area contributed by atoms with E-state index in [-0.39, 0.29) is 18.0 Å². The molecular weight excluding hydrogens is 370 g/mol. The molecule has 0 saturated heterocycles. The van der Waals surface area contributed by atoms with Crippen LogP contribution in [0.2, 0.25) is 0 Å². The zero-order valence-corrected chi connectivity index (χ0v) is 16.8. The third-order valence-corrected chi connectivity index (χ3v) is 6.36. The van der Waals surface area contributed by atoms with Crippen LogP contribution >= 0.6 is 0 Å². The van der Waals surface area contributed by atoms with E-state index in [1.807, 2.05) is 6.92 Å². The first-order valence-electron chi connectivity index (χ1n) is 9.29. The summed E-state index contributed by atoms with van der Waals surface area (Å²) < 4.78 is 32.8. The molecule has 4 nitrogen and oxygen atoms in total. The van der Waals surface area contributed by atoms with Crippen LogP contribution in [0.5, 0.6) is 0 Å². The number of aryl methyl sites for hydroxylation is 1. The minimum absolute atomic E-state index is 0.0369. The van der Waals surface area contributed by atoms with Gasteiger partial charge in [-0.2, -0.15) is 4.31 Å². The number of benzene rings is 1. The second kappa shape index (κ2) is 8.97. The molecule has 1 aromatic heterocycles. The maximum Gasteiger partial charge on any atom is 0.244 e. The number of allylic oxidation sites excluding steroid dienone is 2. The molecule has 144 valence electrons. The molecule has 0 atom stereocenters. The van der Waals surface area contributed by atoms with E-state index in [9.17, 15) is 8.42 Å². The molecule has 28 heavy (non-hydrogen) atoms. The smallest absolute Gasteiger partial charge is 0.244 e. The number of sulfonamides is 1. The van der Waals surface area contributed by atoms with Gasteiger partial charge < -0.3 is 4.42 Å². The Bertz CT molecular complexity index is 1060. The van der Waals surface area contributed by atoms with Crippen LogP contribution in [0.25, 0.3) is 0 Å². The summed E-state index contributed by atoms with van der Waals surface area (Å²) in [5.74, 6) is 9.62. The van der Waals surface area contributed by atoms with E-state index < -0.39 is 10.0 Å². The van der Waals surface area contributed by atoms with Gasteiger partial charge in [0, 0.05) is 0 Å². The summed E-state index contributed by atoms with van der Waals surface area (Å²) in [6, 6.07) is 10.2. The summed E-state index contributed by atoms with van der Waals surface area (Å²) in [4.78, 5) is 0.212. The van der Waals surface area contributed by atoms with Crippen molar-refractivity contribution < 1.29 is 12.8 Å². The Morgan fingerprint density at radius 1 is 1.11 bits per heavy atom. The lowest BCUT2D eigenvalue weighted by Crippen LogP contribution is -2.30. The highest BCUT2D eigenvalue weighted by Gasteiger charge is 2.25. The lowest BCUT2D eigenvalue weighted by Gasteiger charge is -2.18. The molecule has 0 unspecified atom stereocenters. The van der Waals surface area contributed by atoms with Crippen molar-refractivity contribution in [1.82, 2.24) is 4.31 Å². The second-order valence-electron chi connectivity index (χ2n) is 6.78. The van der Waals surface area contributed by atoms with Crippen LogP contribution in [-0.2, 0) is 16.6 Å². The van der Waals surface area contributed by atoms with E-state index in [0.717, 1.165) is 24.0 Å². The first-order valence-corrected chi connectivity index (χ1v) is 10.7. The average molecular weight is 394 g/mol. The third-order valence-electron chi connectivity index (χ3n) is 4.56. The number of nitrogens with zero attached hydrogens (tertiary/aromatic N) is 1. The number of hydrogen-bond acceptors (Lipinski definition) is 3. The topological polar surface area (TPSA) is 50.5 Å². The molecule has 1 aromatic carbocycles. The standard InChI is InChI=1S/C23H23NO3S/c1-3-17-24(28(25,26)23-15-9-19(2)10-16-23)18-22-14-13-21(27-22)12-11-20-7-5-4-6-8-20/h1,7,9-10,13-16H,4-6,8,17-18H2,2H3. The van der Waals surface area contributed by atoms with Gasteiger partial charge in [-0.15, -0.1) is 6.42 Å². The van der Waals surface area contributed by atoms with E-state index in [4.69, 9.17) is 10.8 Å². The van der Waals surface area contributed by atoms with Gasteiger partial charge in [-0.1, -0.05) is 35.6 Å². The SMILES string of the molecule is C#CCN(Cc1ccc(C#CC2=CCCCC2)o1)S(=O)(=O)c1ccc(C)cc1. The lowest BCUT2D eigenvalue weighted by atomic mass is 10.0. The molecule has 0 N–H and O–H groups in total. The quantitative estimate of drug-likeness (QED) is 0.713. The molecule has 0 aliphatic heterocycles. The van der Waals surface area contributed by atoms with Crippen molar-refractivity contribution in [3.63, 3.8) is 0 Å². The van der Waals surface area contributed by atoms with E-state index in [1.54, 1.807) is 36.4 Å². The largest absolute Gasteiger partial charge is 0.451 e. The molecule has 2 aromatic rings. The van der Waals surface area contributed by atoms with Crippen molar-refractivity contribution >= 4 is 10.0 Å². The maximum atomic E-state index is 12.9. The fourth-order valence-corrected chi connectivity index (χ4v) is 4.30. The Kier molecular flexibility index (Phi) is 6.41. The van der Waals surface area contributed by atoms with Crippen LogP contribution in [-0.4, -0.2) is 19.3 Å². The summed E-state index contributed by atoms with van der Waals surface area (Å²) in [6.45, 7) is 1.93. The normalized spacial score (nSPS) is 14.1. The predicted octanol–water partition coefficient (Wildman–Crippen LogP) is 4.26. The van der Waals surface area contributed by atoms with Crippen molar-refractivity contribution in [2.45, 2.75) is 44.0 Å². The number of rotatable bonds is 5. The van der Waals surface area contributed by atoms with E-state index in [0.29, 0.717) is 11.5 Å². The van der Waals surface area contributed by atoms with Crippen molar-refractivity contribution in [3.05, 3.63) is 65.1 Å². The predicted molar refractivity (Wildman–Crippen MR) is 110 cm³/mol. The van der Waals surface area contributed by atoms with E-state index in [1.165, 1.54) is 17.1 Å². The molecule has 0 saturated carbocycles. The summed E-state index contributed by atoms with van der Waals surface area (Å²) in [5, 5.41) is 0. The Balaban J connectivity index is 1.77. The highest BCUT2D eigenvalue weighted by molar-refractivity contribution is 7.89. The Morgan fingerprint density at radius 2 is 1.89 bits per heavy atom. The summed E-state index contributed by atoms with van der Waals surface area (Å²) >= 11 is 0. The zero-order chi connectivity index (χ0) is 20.0. The second-order valence-corrected chi connectivity index (χ2v) is 8.72. The number of furan rings is 1. The van der Waals surface area contributed by atoms with Gasteiger partial charge in [0.25, 0.3) is 0 Å². The van der Waals surface area contributed by atoms with E-state index in [2.05, 4.69) is 23.8 Å². The van der Waals surface area contributed by atoms with Crippen molar-refractivity contribution in [1.29, 1.82) is 0 Å². The molecule has 1 aliphatic carbocycles. The maximum absolute atomic E-state index is 12.9. The van der Waals surface area contributed by atoms with Crippen LogP contribution in [0.3, 0.4) is 0 Å². The molecule has 0 fully saturated rings. The van der Waals surface area contributed by atoms with Gasteiger partial charge in [0.1, 0.15) is 5.76 Å². The summed E-state index contributed by atoms with van der Waals surface area (Å²) in [7, 11) is -3.71. The Morgan fingerprint density at radius 3 is 2.57 bits per heavy atom. The number of terminal acetylenes is 1. The minimum Gasteiger partial charge on any atom is -0.451 e. The average Bonchev–Trinajstić information content (AvgIpc) is 3.15. The van der Waals surface area contributed by atoms with Crippen LogP contribution in [0, 0.1) is 31.1 Å². The fourth-order valence-electron chi connectivity index (χ4n) is 2.98. The molecular formula is C23H23NO3S. The minimum atomic E-state index is -3.71.